The number of rotatable bonds is 9. The van der Waals surface area contributed by atoms with Crippen molar-refractivity contribution in [2.75, 3.05) is 26.2 Å². The quantitative estimate of drug-likeness (QED) is 0.178. The minimum atomic E-state index is 0.0464. The molecule has 0 saturated carbocycles. The van der Waals surface area contributed by atoms with E-state index < -0.39 is 0 Å². The van der Waals surface area contributed by atoms with Crippen LogP contribution in [0.4, 0.5) is 0 Å². The Bertz CT molecular complexity index is 1570. The molecule has 1 aliphatic heterocycles. The second kappa shape index (κ2) is 14.1. The van der Waals surface area contributed by atoms with Crippen LogP contribution in [-0.2, 0) is 17.9 Å². The van der Waals surface area contributed by atoms with E-state index in [0.717, 1.165) is 36.3 Å². The van der Waals surface area contributed by atoms with Crippen LogP contribution in [0.5, 0.6) is 17.4 Å². The summed E-state index contributed by atoms with van der Waals surface area (Å²) in [6.07, 6.45) is 3.48. The van der Waals surface area contributed by atoms with Gasteiger partial charge >= 0.3 is 0 Å². The highest BCUT2D eigenvalue weighted by Gasteiger charge is 2.22. The van der Waals surface area contributed by atoms with E-state index in [-0.39, 0.29) is 5.91 Å². The normalized spacial score (nSPS) is 14.1. The number of carbonyl (C=O) groups excluding carboxylic acids is 1. The van der Waals surface area contributed by atoms with E-state index >= 15 is 0 Å². The number of pyridine rings is 1. The van der Waals surface area contributed by atoms with Gasteiger partial charge in [0.25, 0.3) is 0 Å². The third-order valence-corrected chi connectivity index (χ3v) is 8.08. The maximum absolute atomic E-state index is 13.2. The summed E-state index contributed by atoms with van der Waals surface area (Å²) in [4.78, 5) is 21.9. The van der Waals surface area contributed by atoms with Gasteiger partial charge in [-0.1, -0.05) is 71.2 Å². The molecule has 0 spiro atoms. The molecule has 2 heterocycles. The summed E-state index contributed by atoms with van der Waals surface area (Å²) in [5.74, 6) is 1.56. The number of hydrogen-bond donors (Lipinski definition) is 0. The molecular formula is C35H35Cl2N3O3. The van der Waals surface area contributed by atoms with Crippen molar-refractivity contribution in [3.8, 4) is 17.4 Å². The lowest BCUT2D eigenvalue weighted by molar-refractivity contribution is -0.128. The molecule has 1 saturated heterocycles. The molecule has 5 rings (SSSR count). The number of aryl methyl sites for hydroxylation is 2. The maximum atomic E-state index is 13.2. The van der Waals surface area contributed by atoms with Gasteiger partial charge in [-0.15, -0.1) is 0 Å². The summed E-state index contributed by atoms with van der Waals surface area (Å²) in [5.41, 5.74) is 5.81. The third-order valence-electron chi connectivity index (χ3n) is 7.43. The third kappa shape index (κ3) is 8.17. The number of benzene rings is 3. The molecule has 0 radical (unpaired) electrons. The summed E-state index contributed by atoms with van der Waals surface area (Å²) in [7, 11) is 0. The van der Waals surface area contributed by atoms with Gasteiger partial charge in [-0.2, -0.15) is 0 Å². The van der Waals surface area contributed by atoms with Crippen LogP contribution < -0.4 is 9.47 Å². The molecule has 0 bridgehead atoms. The monoisotopic (exact) mass is 615 g/mol. The molecule has 1 fully saturated rings. The van der Waals surface area contributed by atoms with Crippen LogP contribution in [0.3, 0.4) is 0 Å². The molecule has 1 aliphatic rings. The van der Waals surface area contributed by atoms with Gasteiger partial charge in [-0.05, 0) is 67.8 Å². The molecule has 43 heavy (non-hydrogen) atoms. The van der Waals surface area contributed by atoms with Gasteiger partial charge in [0.05, 0.1) is 11.2 Å². The summed E-state index contributed by atoms with van der Waals surface area (Å²) < 4.78 is 11.8. The van der Waals surface area contributed by atoms with Crippen molar-refractivity contribution in [1.29, 1.82) is 0 Å². The highest BCUT2D eigenvalue weighted by Crippen LogP contribution is 2.34. The van der Waals surface area contributed by atoms with E-state index in [4.69, 9.17) is 32.7 Å². The van der Waals surface area contributed by atoms with Gasteiger partial charge in [0.1, 0.15) is 12.4 Å². The molecule has 0 N–H and O–H groups in total. The summed E-state index contributed by atoms with van der Waals surface area (Å²) in [6, 6.07) is 23.5. The molecule has 1 amide bonds. The van der Waals surface area contributed by atoms with Crippen molar-refractivity contribution in [2.24, 2.45) is 0 Å². The number of halogens is 2. The lowest BCUT2D eigenvalue weighted by Gasteiger charge is -2.35. The Balaban J connectivity index is 1.16. The van der Waals surface area contributed by atoms with Crippen LogP contribution >= 0.6 is 23.2 Å². The number of piperazine rings is 1. The highest BCUT2D eigenvalue weighted by molar-refractivity contribution is 6.32. The number of carbonyl (C=O) groups is 1. The zero-order valence-corrected chi connectivity index (χ0v) is 26.2. The zero-order valence-electron chi connectivity index (χ0n) is 24.6. The van der Waals surface area contributed by atoms with Crippen LogP contribution in [0.1, 0.15) is 34.7 Å². The van der Waals surface area contributed by atoms with Gasteiger partial charge < -0.3 is 14.4 Å². The Hall–Kier alpha value is -3.84. The number of ether oxygens (including phenoxy) is 2. The van der Waals surface area contributed by atoms with Crippen LogP contribution in [0.15, 0.2) is 84.6 Å². The predicted molar refractivity (Wildman–Crippen MR) is 173 cm³/mol. The van der Waals surface area contributed by atoms with Crippen molar-refractivity contribution >= 4 is 35.2 Å². The van der Waals surface area contributed by atoms with Crippen LogP contribution in [0.25, 0.3) is 6.08 Å². The first-order valence-corrected chi connectivity index (χ1v) is 15.1. The van der Waals surface area contributed by atoms with Gasteiger partial charge in [0, 0.05) is 54.9 Å². The molecule has 222 valence electrons. The van der Waals surface area contributed by atoms with E-state index in [1.54, 1.807) is 24.4 Å². The standard InChI is InChI=1S/C35H35Cl2N3O3/c1-24-8-10-27(11-9-24)22-39-14-16-40(17-15-39)35(41)26(3)19-28-18-25(2)34(32(37)20-28)43-33-13-12-30(21-38-33)42-23-29-6-4-5-7-31(29)36/h4-13,18-21H,14-17,22-23H2,1-3H3. The lowest BCUT2D eigenvalue weighted by Crippen LogP contribution is -2.48. The summed E-state index contributed by atoms with van der Waals surface area (Å²) in [5, 5.41) is 1.10. The van der Waals surface area contributed by atoms with Gasteiger partial charge in [0.15, 0.2) is 5.75 Å². The maximum Gasteiger partial charge on any atom is 0.249 e. The van der Waals surface area contributed by atoms with E-state index in [9.17, 15) is 4.79 Å². The number of hydrogen-bond acceptors (Lipinski definition) is 5. The Kier molecular flexibility index (Phi) is 10.0. The van der Waals surface area contributed by atoms with Crippen molar-refractivity contribution in [2.45, 2.75) is 33.9 Å². The lowest BCUT2D eigenvalue weighted by atomic mass is 10.1. The Morgan fingerprint density at radius 2 is 1.67 bits per heavy atom. The summed E-state index contributed by atoms with van der Waals surface area (Å²) >= 11 is 12.8. The van der Waals surface area contributed by atoms with Crippen LogP contribution in [0.2, 0.25) is 10.0 Å². The minimum absolute atomic E-state index is 0.0464. The predicted octanol–water partition coefficient (Wildman–Crippen LogP) is 8.12. The largest absolute Gasteiger partial charge is 0.487 e. The highest BCUT2D eigenvalue weighted by atomic mass is 35.5. The van der Waals surface area contributed by atoms with Crippen LogP contribution in [-0.4, -0.2) is 46.9 Å². The first-order chi connectivity index (χ1) is 20.7. The average molecular weight is 617 g/mol. The van der Waals surface area contributed by atoms with Crippen molar-refractivity contribution < 1.29 is 14.3 Å². The molecule has 1 aromatic heterocycles. The zero-order chi connectivity index (χ0) is 30.3. The van der Waals surface area contributed by atoms with E-state index in [1.807, 2.05) is 55.2 Å². The molecule has 4 aromatic rings. The molecule has 3 aromatic carbocycles. The number of nitrogens with zero attached hydrogens (tertiary/aromatic N) is 3. The Morgan fingerprint density at radius 3 is 2.35 bits per heavy atom. The van der Waals surface area contributed by atoms with Crippen LogP contribution in [0, 0.1) is 13.8 Å². The van der Waals surface area contributed by atoms with E-state index in [2.05, 4.69) is 41.1 Å². The van der Waals surface area contributed by atoms with Gasteiger partial charge in [-0.25, -0.2) is 4.98 Å². The fraction of sp³-hybridized carbons (Fsp3) is 0.257. The molecule has 8 heteroatoms. The Labute approximate surface area is 263 Å². The first-order valence-electron chi connectivity index (χ1n) is 14.3. The first kappa shape index (κ1) is 30.6. The molecule has 0 unspecified atom stereocenters. The minimum Gasteiger partial charge on any atom is -0.487 e. The number of amides is 1. The Morgan fingerprint density at radius 1 is 0.930 bits per heavy atom. The van der Waals surface area contributed by atoms with Crippen molar-refractivity contribution in [3.63, 3.8) is 0 Å². The molecular weight excluding hydrogens is 581 g/mol. The van der Waals surface area contributed by atoms with Crippen molar-refractivity contribution in [1.82, 2.24) is 14.8 Å². The fourth-order valence-corrected chi connectivity index (χ4v) is 5.49. The SMILES string of the molecule is CC(=Cc1cc(C)c(Oc2ccc(OCc3ccccc3Cl)cn2)c(Cl)c1)C(=O)N1CCN(Cc2ccc(C)cc2)CC1. The molecule has 6 nitrogen and oxygen atoms in total. The molecule has 0 atom stereocenters. The smallest absolute Gasteiger partial charge is 0.249 e. The van der Waals surface area contributed by atoms with Gasteiger partial charge in [-0.3, -0.25) is 9.69 Å². The fourth-order valence-electron chi connectivity index (χ4n) is 4.99. The average Bonchev–Trinajstić information content (AvgIpc) is 3.00. The molecule has 0 aliphatic carbocycles. The van der Waals surface area contributed by atoms with Crippen molar-refractivity contribution in [3.05, 3.63) is 122 Å². The number of aromatic nitrogens is 1. The van der Waals surface area contributed by atoms with E-state index in [0.29, 0.717) is 52.7 Å². The second-order valence-corrected chi connectivity index (χ2v) is 11.7. The topological polar surface area (TPSA) is 54.9 Å². The second-order valence-electron chi connectivity index (χ2n) is 10.8. The van der Waals surface area contributed by atoms with E-state index in [1.165, 1.54) is 11.1 Å². The summed E-state index contributed by atoms with van der Waals surface area (Å²) in [6.45, 7) is 10.2. The van der Waals surface area contributed by atoms with Gasteiger partial charge in [0.2, 0.25) is 11.8 Å².